The second-order valence-electron chi connectivity index (χ2n) is 18.3. The standard InChI is InChI=1S/C27H30F3N5O4.C22H22F3N5O2.C5H9ClO2/c1-4-8-21(36)39-16-20-22-24(34(6-3)26(38)35(11-5-2)25(22)37)32-23(20)18-13-31-33(15-18)14-17-9-7-10-19(12-17)27(28,29)30;1-3-8-30-20(31)17-10-18(27-19(17)29(4-2)21(30)32)15-11-26-28(13-15)12-14-6-5-7-16(9-14)22(23,24)25;1-2-3-5(7)8-4-6/h7,9-10,12-13,15,20H,4-6,8,11,14,16H2,1-3H3;5-7,9,11,13H,3-4,8,10,12H2,1-2H3;2-4H2,1H3. The van der Waals surface area contributed by atoms with E-state index in [-0.39, 0.29) is 80.3 Å². The number of carbonyl (C=O) groups is 2. The Morgan fingerprint density at radius 2 is 1.13 bits per heavy atom. The van der Waals surface area contributed by atoms with E-state index in [1.165, 1.54) is 46.0 Å². The minimum Gasteiger partial charge on any atom is -0.465 e. The summed E-state index contributed by atoms with van der Waals surface area (Å²) in [7, 11) is 0. The molecule has 1 unspecified atom stereocenters. The highest BCUT2D eigenvalue weighted by atomic mass is 35.5. The monoisotopic (exact) mass is 1130 g/mol. The van der Waals surface area contributed by atoms with Gasteiger partial charge in [-0.1, -0.05) is 63.6 Å². The van der Waals surface area contributed by atoms with Crippen molar-refractivity contribution in [1.29, 1.82) is 0 Å². The molecule has 0 N–H and O–H groups in total. The van der Waals surface area contributed by atoms with Crippen LogP contribution in [-0.4, -0.2) is 73.9 Å². The van der Waals surface area contributed by atoms with Gasteiger partial charge in [-0.15, -0.1) is 0 Å². The van der Waals surface area contributed by atoms with Gasteiger partial charge in [-0.2, -0.15) is 36.5 Å². The lowest BCUT2D eigenvalue weighted by Crippen LogP contribution is -2.42. The number of esters is 2. The predicted octanol–water partition coefficient (Wildman–Crippen LogP) is 9.17. The first kappa shape index (κ1) is 60.6. The molecule has 0 saturated heterocycles. The summed E-state index contributed by atoms with van der Waals surface area (Å²) in [6, 6.07) is 10.1. The molecule has 424 valence electrons. The highest BCUT2D eigenvalue weighted by Crippen LogP contribution is 2.36. The molecular formula is C54H61ClF6N10O8. The van der Waals surface area contributed by atoms with Crippen molar-refractivity contribution < 1.29 is 45.4 Å². The van der Waals surface area contributed by atoms with E-state index >= 15 is 0 Å². The number of rotatable bonds is 19. The van der Waals surface area contributed by atoms with Gasteiger partial charge >= 0.3 is 35.7 Å². The first-order chi connectivity index (χ1) is 37.6. The molecule has 79 heavy (non-hydrogen) atoms. The fourth-order valence-corrected chi connectivity index (χ4v) is 8.99. The van der Waals surface area contributed by atoms with Gasteiger partial charge in [-0.25, -0.2) is 19.6 Å². The SMILES string of the molecule is CCCC(=O)OCC1C(c2cnn(Cc3cccc(C(F)(F)F)c3)c2)=Nc2c1c(=O)n(CCC)c(=O)n2CC.CCCC(=O)OCCl.CCCn1c(=O)c2c(n(CC)c1=O)N=C(c1cnn(Cc3cccc(C(F)(F)F)c3)c1)C2. The predicted molar refractivity (Wildman–Crippen MR) is 284 cm³/mol. The van der Waals surface area contributed by atoms with Crippen molar-refractivity contribution in [3.8, 4) is 0 Å². The summed E-state index contributed by atoms with van der Waals surface area (Å²) in [6.45, 7) is 12.4. The van der Waals surface area contributed by atoms with Gasteiger partial charge in [0.25, 0.3) is 11.1 Å². The highest BCUT2D eigenvalue weighted by Gasteiger charge is 2.37. The molecule has 2 aliphatic rings. The van der Waals surface area contributed by atoms with E-state index in [0.29, 0.717) is 83.8 Å². The van der Waals surface area contributed by atoms with E-state index in [4.69, 9.17) is 16.3 Å². The second kappa shape index (κ2) is 26.8. The minimum absolute atomic E-state index is 0.0289. The third-order valence-electron chi connectivity index (χ3n) is 12.6. The number of benzene rings is 2. The van der Waals surface area contributed by atoms with Gasteiger partial charge in [0.1, 0.15) is 18.2 Å². The van der Waals surface area contributed by atoms with Crippen LogP contribution in [0.5, 0.6) is 0 Å². The molecule has 0 aliphatic carbocycles. The molecule has 1 atom stereocenters. The van der Waals surface area contributed by atoms with Crippen LogP contribution in [-0.2, 0) is 77.1 Å². The van der Waals surface area contributed by atoms with E-state index in [2.05, 4.69) is 24.9 Å². The van der Waals surface area contributed by atoms with E-state index in [1.54, 1.807) is 37.6 Å². The highest BCUT2D eigenvalue weighted by molar-refractivity contribution is 6.17. The molecule has 25 heteroatoms. The number of halogens is 7. The number of ether oxygens (including phenoxy) is 2. The van der Waals surface area contributed by atoms with Crippen molar-refractivity contribution >= 4 is 46.6 Å². The Labute approximate surface area is 454 Å². The number of aliphatic imine (C=N–C) groups is 2. The van der Waals surface area contributed by atoms with Crippen molar-refractivity contribution in [1.82, 2.24) is 37.8 Å². The Bertz CT molecular complexity index is 3450. The lowest BCUT2D eigenvalue weighted by Gasteiger charge is -2.16. The Morgan fingerprint density at radius 3 is 1.62 bits per heavy atom. The number of nitrogens with zero attached hydrogens (tertiary/aromatic N) is 10. The molecular weight excluding hydrogens is 1070 g/mol. The summed E-state index contributed by atoms with van der Waals surface area (Å²) < 4.78 is 96.5. The maximum absolute atomic E-state index is 13.5. The van der Waals surface area contributed by atoms with Gasteiger partial charge in [0.05, 0.1) is 65.1 Å². The number of hydrogen-bond donors (Lipinski definition) is 0. The maximum atomic E-state index is 13.5. The van der Waals surface area contributed by atoms with Crippen molar-refractivity contribution in [2.45, 2.75) is 144 Å². The number of carbonyl (C=O) groups excluding carboxylic acids is 2. The molecule has 2 aliphatic heterocycles. The van der Waals surface area contributed by atoms with E-state index in [1.807, 2.05) is 34.6 Å². The third kappa shape index (κ3) is 14.5. The molecule has 18 nitrogen and oxygen atoms in total. The first-order valence-electron chi connectivity index (χ1n) is 25.8. The smallest absolute Gasteiger partial charge is 0.416 e. The van der Waals surface area contributed by atoms with Crippen LogP contribution >= 0.6 is 11.6 Å². The van der Waals surface area contributed by atoms with Gasteiger partial charge in [0, 0.05) is 69.0 Å². The summed E-state index contributed by atoms with van der Waals surface area (Å²) >= 11 is 5.09. The van der Waals surface area contributed by atoms with Crippen molar-refractivity contribution in [3.05, 3.63) is 160 Å². The molecule has 6 aromatic rings. The van der Waals surface area contributed by atoms with Crippen LogP contribution in [0, 0.1) is 0 Å². The van der Waals surface area contributed by atoms with Gasteiger partial charge < -0.3 is 9.47 Å². The zero-order valence-electron chi connectivity index (χ0n) is 44.5. The van der Waals surface area contributed by atoms with Crippen molar-refractivity contribution in [2.24, 2.45) is 9.98 Å². The van der Waals surface area contributed by atoms with Crippen LogP contribution < -0.4 is 22.5 Å². The molecule has 0 bridgehead atoms. The normalized spacial score (nSPS) is 13.6. The topological polar surface area (TPSA) is 201 Å². The van der Waals surface area contributed by atoms with Crippen molar-refractivity contribution in [2.75, 3.05) is 12.7 Å². The Hall–Kier alpha value is -7.63. The fraction of sp³-hybridized carbons (Fsp3) is 0.444. The quantitative estimate of drug-likeness (QED) is 0.0428. The first-order valence-corrected chi connectivity index (χ1v) is 26.3. The summed E-state index contributed by atoms with van der Waals surface area (Å²) in [5.41, 5.74) is 0.680. The molecule has 6 heterocycles. The molecule has 0 amide bonds. The number of hydrogen-bond acceptors (Lipinski definition) is 12. The van der Waals surface area contributed by atoms with Crippen molar-refractivity contribution in [3.63, 3.8) is 0 Å². The molecule has 2 aromatic carbocycles. The van der Waals surface area contributed by atoms with Gasteiger partial charge in [-0.3, -0.25) is 46.8 Å². The molecule has 4 aromatic heterocycles. The number of alkyl halides is 7. The molecule has 0 radical (unpaired) electrons. The van der Waals surface area contributed by atoms with Crippen LogP contribution in [0.4, 0.5) is 38.0 Å². The molecule has 0 spiro atoms. The van der Waals surface area contributed by atoms with E-state index in [9.17, 15) is 55.1 Å². The second-order valence-corrected chi connectivity index (χ2v) is 18.6. The largest absolute Gasteiger partial charge is 0.465 e. The summed E-state index contributed by atoms with van der Waals surface area (Å²) in [6.07, 6.45) is 1.10. The molecule has 0 fully saturated rings. The maximum Gasteiger partial charge on any atom is 0.416 e. The zero-order valence-corrected chi connectivity index (χ0v) is 45.3. The summed E-state index contributed by atoms with van der Waals surface area (Å²) in [5.74, 6) is -0.778. The lowest BCUT2D eigenvalue weighted by molar-refractivity contribution is -0.144. The van der Waals surface area contributed by atoms with Crippen LogP contribution in [0.2, 0.25) is 0 Å². The van der Waals surface area contributed by atoms with E-state index in [0.717, 1.165) is 30.7 Å². The lowest BCUT2D eigenvalue weighted by atomic mass is 9.95. The zero-order chi connectivity index (χ0) is 57.8. The minimum atomic E-state index is -4.46. The number of fused-ring (bicyclic) bond motifs is 2. The Balaban J connectivity index is 0.000000227. The summed E-state index contributed by atoms with van der Waals surface area (Å²) in [5, 5.41) is 8.54. The Kier molecular flexibility index (Phi) is 20.6. The third-order valence-corrected chi connectivity index (χ3v) is 12.7. The molecule has 0 saturated carbocycles. The van der Waals surface area contributed by atoms with Crippen LogP contribution in [0.3, 0.4) is 0 Å². The average Bonchev–Trinajstić information content (AvgIpc) is 4.41. The van der Waals surface area contributed by atoms with Crippen LogP contribution in [0.1, 0.15) is 130 Å². The van der Waals surface area contributed by atoms with Gasteiger partial charge in [-0.05, 0) is 74.9 Å². The average molecular weight is 1130 g/mol. The van der Waals surface area contributed by atoms with Crippen LogP contribution in [0.25, 0.3) is 0 Å². The number of aromatic nitrogens is 8. The van der Waals surface area contributed by atoms with Gasteiger partial charge in [0.15, 0.2) is 6.07 Å². The summed E-state index contributed by atoms with van der Waals surface area (Å²) in [4.78, 5) is 83.8. The van der Waals surface area contributed by atoms with Gasteiger partial charge in [0.2, 0.25) is 0 Å². The van der Waals surface area contributed by atoms with E-state index < -0.39 is 46.6 Å². The molecule has 8 rings (SSSR count). The van der Waals surface area contributed by atoms with Crippen LogP contribution in [0.15, 0.2) is 102 Å². The Morgan fingerprint density at radius 1 is 0.633 bits per heavy atom. The fourth-order valence-electron chi connectivity index (χ4n) is 8.87.